The van der Waals surface area contributed by atoms with E-state index in [9.17, 15) is 4.39 Å². The van der Waals surface area contributed by atoms with Crippen molar-refractivity contribution in [1.82, 2.24) is 4.90 Å². The fourth-order valence-corrected chi connectivity index (χ4v) is 2.67. The molecule has 0 saturated carbocycles. The Morgan fingerprint density at radius 1 is 1.16 bits per heavy atom. The fraction of sp³-hybridized carbons (Fsp3) is 0.611. The van der Waals surface area contributed by atoms with E-state index < -0.39 is 0 Å². The Balaban J connectivity index is 0.00000312. The smallest absolute Gasteiger partial charge is 0.191 e. The van der Waals surface area contributed by atoms with Crippen LogP contribution in [0.1, 0.15) is 26.7 Å². The number of piperazine rings is 1. The molecule has 0 atom stereocenters. The van der Waals surface area contributed by atoms with Crippen LogP contribution in [0, 0.1) is 5.82 Å². The van der Waals surface area contributed by atoms with Gasteiger partial charge in [-0.05, 0) is 51.0 Å². The van der Waals surface area contributed by atoms with Gasteiger partial charge in [0.25, 0.3) is 0 Å². The normalized spacial score (nSPS) is 15.4. The summed E-state index contributed by atoms with van der Waals surface area (Å²) in [5, 5.41) is 0. The third-order valence-electron chi connectivity index (χ3n) is 4.07. The van der Waals surface area contributed by atoms with Gasteiger partial charge in [-0.25, -0.2) is 4.39 Å². The number of rotatable bonds is 7. The van der Waals surface area contributed by atoms with Crippen LogP contribution in [0.2, 0.25) is 0 Å². The summed E-state index contributed by atoms with van der Waals surface area (Å²) in [6.45, 7) is 9.01. The molecule has 1 fully saturated rings. The molecular formula is C18H30FIN4O. The van der Waals surface area contributed by atoms with Crippen LogP contribution in [-0.2, 0) is 4.74 Å². The van der Waals surface area contributed by atoms with Crippen LogP contribution >= 0.6 is 24.0 Å². The van der Waals surface area contributed by atoms with Crippen LogP contribution in [0.3, 0.4) is 0 Å². The first-order valence-corrected chi connectivity index (χ1v) is 8.73. The third kappa shape index (κ3) is 7.77. The van der Waals surface area contributed by atoms with Crippen molar-refractivity contribution in [1.29, 1.82) is 0 Å². The number of ether oxygens (including phenoxy) is 1. The number of hydrogen-bond acceptors (Lipinski definition) is 3. The predicted molar refractivity (Wildman–Crippen MR) is 112 cm³/mol. The maximum absolute atomic E-state index is 13.0. The zero-order valence-electron chi connectivity index (χ0n) is 15.2. The minimum atomic E-state index is -0.201. The number of guanidine groups is 1. The highest BCUT2D eigenvalue weighted by Crippen LogP contribution is 2.16. The number of nitrogens with two attached hydrogens (primary N) is 1. The molecule has 2 N–H and O–H groups in total. The number of hydrogen-bond donors (Lipinski definition) is 1. The monoisotopic (exact) mass is 464 g/mol. The number of nitrogens with zero attached hydrogens (tertiary/aromatic N) is 3. The molecule has 25 heavy (non-hydrogen) atoms. The van der Waals surface area contributed by atoms with Gasteiger partial charge in [-0.1, -0.05) is 0 Å². The van der Waals surface area contributed by atoms with E-state index in [1.54, 1.807) is 0 Å². The summed E-state index contributed by atoms with van der Waals surface area (Å²) in [5.41, 5.74) is 7.14. The minimum absolute atomic E-state index is 0. The van der Waals surface area contributed by atoms with Crippen molar-refractivity contribution in [2.75, 3.05) is 44.2 Å². The molecular weight excluding hydrogens is 434 g/mol. The van der Waals surface area contributed by atoms with E-state index in [4.69, 9.17) is 10.5 Å². The third-order valence-corrected chi connectivity index (χ3v) is 4.07. The number of unbranched alkanes of at least 4 members (excludes halogenated alkanes) is 1. The molecule has 0 aromatic heterocycles. The molecule has 0 unspecified atom stereocenters. The predicted octanol–water partition coefficient (Wildman–Crippen LogP) is 3.09. The maximum Gasteiger partial charge on any atom is 0.191 e. The van der Waals surface area contributed by atoms with E-state index in [0.717, 1.165) is 57.9 Å². The van der Waals surface area contributed by atoms with Crippen molar-refractivity contribution in [3.63, 3.8) is 0 Å². The molecule has 1 saturated heterocycles. The second kappa shape index (κ2) is 11.5. The Morgan fingerprint density at radius 3 is 2.40 bits per heavy atom. The molecule has 0 spiro atoms. The lowest BCUT2D eigenvalue weighted by atomic mass is 10.2. The molecule has 0 radical (unpaired) electrons. The number of aliphatic imine (C=N–C) groups is 1. The van der Waals surface area contributed by atoms with Crippen LogP contribution in [0.5, 0.6) is 0 Å². The molecule has 0 aliphatic carbocycles. The van der Waals surface area contributed by atoms with Gasteiger partial charge in [0, 0.05) is 45.0 Å². The van der Waals surface area contributed by atoms with E-state index in [1.165, 1.54) is 12.1 Å². The summed E-state index contributed by atoms with van der Waals surface area (Å²) in [6, 6.07) is 6.64. The summed E-state index contributed by atoms with van der Waals surface area (Å²) in [7, 11) is 0. The van der Waals surface area contributed by atoms with E-state index in [1.807, 2.05) is 26.0 Å². The maximum atomic E-state index is 13.0. The largest absolute Gasteiger partial charge is 0.379 e. The molecule has 1 aromatic rings. The lowest BCUT2D eigenvalue weighted by Gasteiger charge is -2.36. The highest BCUT2D eigenvalue weighted by molar-refractivity contribution is 14.0. The van der Waals surface area contributed by atoms with Gasteiger partial charge in [0.15, 0.2) is 5.96 Å². The topological polar surface area (TPSA) is 54.1 Å². The van der Waals surface area contributed by atoms with Gasteiger partial charge in [-0.2, -0.15) is 0 Å². The van der Waals surface area contributed by atoms with Gasteiger partial charge in [0.1, 0.15) is 5.82 Å². The van der Waals surface area contributed by atoms with E-state index in [2.05, 4.69) is 14.8 Å². The summed E-state index contributed by atoms with van der Waals surface area (Å²) in [4.78, 5) is 8.83. The highest BCUT2D eigenvalue weighted by atomic mass is 127. The SMILES string of the molecule is CC(C)OCCCCN=C(N)N1CCN(c2ccc(F)cc2)CC1.I. The fourth-order valence-electron chi connectivity index (χ4n) is 2.67. The van der Waals surface area contributed by atoms with Crippen molar-refractivity contribution >= 4 is 35.6 Å². The average Bonchev–Trinajstić information content (AvgIpc) is 2.58. The van der Waals surface area contributed by atoms with Crippen molar-refractivity contribution in [2.24, 2.45) is 10.7 Å². The van der Waals surface area contributed by atoms with Crippen LogP contribution in [0.25, 0.3) is 0 Å². The van der Waals surface area contributed by atoms with Crippen molar-refractivity contribution in [3.05, 3.63) is 30.1 Å². The van der Waals surface area contributed by atoms with Gasteiger partial charge in [0.2, 0.25) is 0 Å². The highest BCUT2D eigenvalue weighted by Gasteiger charge is 2.18. The summed E-state index contributed by atoms with van der Waals surface area (Å²) in [6.07, 6.45) is 2.28. The summed E-state index contributed by atoms with van der Waals surface area (Å²) < 4.78 is 18.5. The summed E-state index contributed by atoms with van der Waals surface area (Å²) in [5.74, 6) is 0.422. The van der Waals surface area contributed by atoms with Crippen LogP contribution in [0.15, 0.2) is 29.3 Å². The molecule has 142 valence electrons. The zero-order valence-corrected chi connectivity index (χ0v) is 17.5. The Labute approximate surface area is 167 Å². The van der Waals surface area contributed by atoms with Gasteiger partial charge in [-0.3, -0.25) is 4.99 Å². The van der Waals surface area contributed by atoms with Crippen LogP contribution in [-0.4, -0.2) is 56.3 Å². The molecule has 1 aliphatic heterocycles. The molecule has 1 heterocycles. The lowest BCUT2D eigenvalue weighted by Crippen LogP contribution is -2.51. The lowest BCUT2D eigenvalue weighted by molar-refractivity contribution is 0.0763. The van der Waals surface area contributed by atoms with Crippen molar-refractivity contribution in [3.8, 4) is 0 Å². The molecule has 7 heteroatoms. The quantitative estimate of drug-likeness (QED) is 0.292. The Bertz CT molecular complexity index is 516. The van der Waals surface area contributed by atoms with E-state index in [0.29, 0.717) is 5.96 Å². The van der Waals surface area contributed by atoms with Crippen LogP contribution < -0.4 is 10.6 Å². The Hall–Kier alpha value is -1.09. The summed E-state index contributed by atoms with van der Waals surface area (Å²) >= 11 is 0. The molecule has 0 amide bonds. The first-order valence-electron chi connectivity index (χ1n) is 8.73. The Kier molecular flexibility index (Phi) is 10.1. The molecule has 1 aliphatic rings. The van der Waals surface area contributed by atoms with E-state index >= 15 is 0 Å². The van der Waals surface area contributed by atoms with Gasteiger partial charge < -0.3 is 20.3 Å². The van der Waals surface area contributed by atoms with Gasteiger partial charge >= 0.3 is 0 Å². The molecule has 1 aromatic carbocycles. The first-order chi connectivity index (χ1) is 11.6. The standard InChI is InChI=1S/C18H29FN4O.HI/c1-15(2)24-14-4-3-9-21-18(20)23-12-10-22(11-13-23)17-7-5-16(19)6-8-17;/h5-8,15H,3-4,9-14H2,1-2H3,(H2,20,21);1H. The minimum Gasteiger partial charge on any atom is -0.379 e. The van der Waals surface area contributed by atoms with Crippen molar-refractivity contribution in [2.45, 2.75) is 32.8 Å². The average molecular weight is 464 g/mol. The van der Waals surface area contributed by atoms with Gasteiger partial charge in [0.05, 0.1) is 6.10 Å². The van der Waals surface area contributed by atoms with Crippen LogP contribution in [0.4, 0.5) is 10.1 Å². The van der Waals surface area contributed by atoms with Crippen molar-refractivity contribution < 1.29 is 9.13 Å². The number of halogens is 2. The van der Waals surface area contributed by atoms with Gasteiger partial charge in [-0.15, -0.1) is 24.0 Å². The molecule has 5 nitrogen and oxygen atoms in total. The number of anilines is 1. The second-order valence-electron chi connectivity index (χ2n) is 6.32. The first kappa shape index (κ1) is 22.0. The van der Waals surface area contributed by atoms with E-state index in [-0.39, 0.29) is 35.9 Å². The Morgan fingerprint density at radius 2 is 1.80 bits per heavy atom. The zero-order chi connectivity index (χ0) is 17.4. The molecule has 2 rings (SSSR count). The second-order valence-corrected chi connectivity index (χ2v) is 6.32. The number of benzene rings is 1. The molecule has 0 bridgehead atoms.